The molecule has 0 saturated carbocycles. The maximum Gasteiger partial charge on any atom is 0.252 e. The number of nitrogens with one attached hydrogen (secondary N) is 1. The number of carbonyl (C=O) groups is 1. The average molecular weight is 412 g/mol. The molecule has 1 heterocycles. The topological polar surface area (TPSA) is 45.2 Å². The minimum Gasteiger partial charge on any atom is -0.352 e. The Morgan fingerprint density at radius 2 is 1.83 bits per heavy atom. The van der Waals surface area contributed by atoms with Crippen LogP contribution in [-0.2, 0) is 0 Å². The standard InChI is InChI=1S/C23H26FN3OS/c1-3-27(4-2)15-7-14-25-23(28)20-16-22(26-21-9-6-5-8-19(20)21)29-18-12-10-17(24)11-13-18/h5-6,8-13,16H,3-4,7,14-15H2,1-2H3,(H,25,28). The SMILES string of the molecule is CCN(CC)CCCNC(=O)c1cc(Sc2ccc(F)cc2)nc2ccccc12. The van der Waals surface area contributed by atoms with Gasteiger partial charge in [-0.1, -0.05) is 43.8 Å². The molecule has 0 spiro atoms. The number of rotatable bonds is 9. The summed E-state index contributed by atoms with van der Waals surface area (Å²) in [5.74, 6) is -0.366. The van der Waals surface area contributed by atoms with E-state index in [9.17, 15) is 9.18 Å². The van der Waals surface area contributed by atoms with E-state index < -0.39 is 0 Å². The summed E-state index contributed by atoms with van der Waals surface area (Å²) in [6.45, 7) is 7.92. The van der Waals surface area contributed by atoms with Crippen LogP contribution in [0.5, 0.6) is 0 Å². The average Bonchev–Trinajstić information content (AvgIpc) is 2.75. The van der Waals surface area contributed by atoms with Gasteiger partial charge in [0.1, 0.15) is 10.8 Å². The normalized spacial score (nSPS) is 11.2. The number of nitrogens with zero attached hydrogens (tertiary/aromatic N) is 2. The second-order valence-electron chi connectivity index (χ2n) is 6.72. The highest BCUT2D eigenvalue weighted by molar-refractivity contribution is 7.99. The van der Waals surface area contributed by atoms with Crippen molar-refractivity contribution >= 4 is 28.6 Å². The molecule has 1 amide bonds. The number of aromatic nitrogens is 1. The third-order valence-corrected chi connectivity index (χ3v) is 5.73. The summed E-state index contributed by atoms with van der Waals surface area (Å²) in [7, 11) is 0. The fourth-order valence-electron chi connectivity index (χ4n) is 3.15. The third kappa shape index (κ3) is 5.78. The molecule has 4 nitrogen and oxygen atoms in total. The van der Waals surface area contributed by atoms with E-state index in [2.05, 4.69) is 29.0 Å². The van der Waals surface area contributed by atoms with Crippen molar-refractivity contribution in [3.63, 3.8) is 0 Å². The first-order chi connectivity index (χ1) is 14.1. The van der Waals surface area contributed by atoms with Gasteiger partial charge in [0.05, 0.1) is 11.1 Å². The molecule has 0 saturated heterocycles. The molecule has 3 aromatic rings. The van der Waals surface area contributed by atoms with Crippen molar-refractivity contribution in [2.45, 2.75) is 30.2 Å². The molecule has 0 aliphatic carbocycles. The van der Waals surface area contributed by atoms with Gasteiger partial charge < -0.3 is 10.2 Å². The number of fused-ring (bicyclic) bond motifs is 1. The van der Waals surface area contributed by atoms with Crippen LogP contribution in [0.4, 0.5) is 4.39 Å². The maximum atomic E-state index is 13.2. The van der Waals surface area contributed by atoms with Crippen LogP contribution in [0.1, 0.15) is 30.6 Å². The van der Waals surface area contributed by atoms with Gasteiger partial charge >= 0.3 is 0 Å². The molecular weight excluding hydrogens is 385 g/mol. The summed E-state index contributed by atoms with van der Waals surface area (Å²) in [5, 5.41) is 4.58. The van der Waals surface area contributed by atoms with Crippen molar-refractivity contribution in [3.8, 4) is 0 Å². The van der Waals surface area contributed by atoms with Gasteiger partial charge in [0.25, 0.3) is 5.91 Å². The molecule has 1 aromatic heterocycles. The predicted octanol–water partition coefficient (Wildman–Crippen LogP) is 4.99. The number of amides is 1. The molecule has 0 aliphatic heterocycles. The molecule has 0 bridgehead atoms. The van der Waals surface area contributed by atoms with E-state index in [1.807, 2.05) is 30.3 Å². The van der Waals surface area contributed by atoms with Gasteiger partial charge in [-0.05, 0) is 62.5 Å². The van der Waals surface area contributed by atoms with Crippen LogP contribution in [0.15, 0.2) is 64.5 Å². The van der Waals surface area contributed by atoms with E-state index in [1.54, 1.807) is 12.1 Å². The van der Waals surface area contributed by atoms with Crippen molar-refractivity contribution in [2.24, 2.45) is 0 Å². The number of benzene rings is 2. The highest BCUT2D eigenvalue weighted by Gasteiger charge is 2.13. The van der Waals surface area contributed by atoms with Crippen molar-refractivity contribution < 1.29 is 9.18 Å². The van der Waals surface area contributed by atoms with E-state index in [1.165, 1.54) is 23.9 Å². The number of hydrogen-bond donors (Lipinski definition) is 1. The monoisotopic (exact) mass is 411 g/mol. The van der Waals surface area contributed by atoms with Crippen LogP contribution >= 0.6 is 11.8 Å². The number of hydrogen-bond acceptors (Lipinski definition) is 4. The molecular formula is C23H26FN3OS. The van der Waals surface area contributed by atoms with Crippen LogP contribution in [-0.4, -0.2) is 42.0 Å². The molecule has 0 aliphatic rings. The number of carbonyl (C=O) groups excluding carboxylic acids is 1. The first-order valence-electron chi connectivity index (χ1n) is 9.94. The highest BCUT2D eigenvalue weighted by atomic mass is 32.2. The van der Waals surface area contributed by atoms with Gasteiger partial charge in [-0.15, -0.1) is 0 Å². The summed E-state index contributed by atoms with van der Waals surface area (Å²) in [4.78, 5) is 20.8. The van der Waals surface area contributed by atoms with Crippen molar-refractivity contribution in [1.82, 2.24) is 15.2 Å². The molecule has 152 valence electrons. The Labute approximate surface area is 175 Å². The third-order valence-electron chi connectivity index (χ3n) is 4.80. The Balaban J connectivity index is 1.76. The predicted molar refractivity (Wildman–Crippen MR) is 117 cm³/mol. The van der Waals surface area contributed by atoms with Gasteiger partial charge in [0, 0.05) is 16.8 Å². The smallest absolute Gasteiger partial charge is 0.252 e. The Morgan fingerprint density at radius 3 is 2.55 bits per heavy atom. The summed E-state index contributed by atoms with van der Waals surface area (Å²) in [5.41, 5.74) is 1.39. The molecule has 6 heteroatoms. The van der Waals surface area contributed by atoms with Gasteiger partial charge in [0.2, 0.25) is 0 Å². The Hall–Kier alpha value is -2.44. The minimum absolute atomic E-state index is 0.0934. The van der Waals surface area contributed by atoms with Gasteiger partial charge in [-0.2, -0.15) is 0 Å². The fraction of sp³-hybridized carbons (Fsp3) is 0.304. The van der Waals surface area contributed by atoms with Crippen molar-refractivity contribution in [3.05, 3.63) is 66.0 Å². The van der Waals surface area contributed by atoms with Crippen LogP contribution in [0.3, 0.4) is 0 Å². The Bertz CT molecular complexity index is 958. The molecule has 0 fully saturated rings. The fourth-order valence-corrected chi connectivity index (χ4v) is 3.99. The van der Waals surface area contributed by atoms with Crippen LogP contribution in [0.2, 0.25) is 0 Å². The zero-order valence-corrected chi connectivity index (χ0v) is 17.6. The molecule has 0 unspecified atom stereocenters. The summed E-state index contributed by atoms with van der Waals surface area (Å²) in [6.07, 6.45) is 0.910. The second kappa shape index (κ2) is 10.4. The van der Waals surface area contributed by atoms with Crippen LogP contribution in [0.25, 0.3) is 10.9 Å². The van der Waals surface area contributed by atoms with E-state index in [0.717, 1.165) is 41.9 Å². The van der Waals surface area contributed by atoms with Crippen LogP contribution in [0, 0.1) is 5.82 Å². The summed E-state index contributed by atoms with van der Waals surface area (Å²) < 4.78 is 13.2. The van der Waals surface area contributed by atoms with Gasteiger partial charge in [0.15, 0.2) is 0 Å². The lowest BCUT2D eigenvalue weighted by Gasteiger charge is -2.17. The van der Waals surface area contributed by atoms with Gasteiger partial charge in [-0.3, -0.25) is 4.79 Å². The lowest BCUT2D eigenvalue weighted by atomic mass is 10.1. The summed E-state index contributed by atoms with van der Waals surface area (Å²) >= 11 is 1.42. The Morgan fingerprint density at radius 1 is 1.10 bits per heavy atom. The minimum atomic E-state index is -0.273. The quantitative estimate of drug-likeness (QED) is 0.504. The number of pyridine rings is 1. The molecule has 2 aromatic carbocycles. The van der Waals surface area contributed by atoms with E-state index in [-0.39, 0.29) is 11.7 Å². The van der Waals surface area contributed by atoms with E-state index >= 15 is 0 Å². The largest absolute Gasteiger partial charge is 0.352 e. The van der Waals surface area contributed by atoms with Crippen molar-refractivity contribution in [1.29, 1.82) is 0 Å². The second-order valence-corrected chi connectivity index (χ2v) is 7.81. The van der Waals surface area contributed by atoms with Crippen molar-refractivity contribution in [2.75, 3.05) is 26.2 Å². The lowest BCUT2D eigenvalue weighted by Crippen LogP contribution is -2.30. The zero-order valence-electron chi connectivity index (χ0n) is 16.8. The van der Waals surface area contributed by atoms with E-state index in [4.69, 9.17) is 0 Å². The molecule has 3 rings (SSSR count). The molecule has 29 heavy (non-hydrogen) atoms. The highest BCUT2D eigenvalue weighted by Crippen LogP contribution is 2.29. The van der Waals surface area contributed by atoms with E-state index in [0.29, 0.717) is 17.1 Å². The first kappa shape index (κ1) is 21.3. The number of para-hydroxylation sites is 1. The number of halogens is 1. The Kier molecular flexibility index (Phi) is 7.61. The lowest BCUT2D eigenvalue weighted by molar-refractivity contribution is 0.0953. The molecule has 1 N–H and O–H groups in total. The maximum absolute atomic E-state index is 13.2. The zero-order chi connectivity index (χ0) is 20.6. The van der Waals surface area contributed by atoms with Crippen LogP contribution < -0.4 is 5.32 Å². The van der Waals surface area contributed by atoms with Gasteiger partial charge in [-0.25, -0.2) is 9.37 Å². The molecule has 0 radical (unpaired) electrons. The summed E-state index contributed by atoms with van der Waals surface area (Å²) in [6, 6.07) is 15.7. The molecule has 0 atom stereocenters. The first-order valence-corrected chi connectivity index (χ1v) is 10.8.